The van der Waals surface area contributed by atoms with Crippen LogP contribution in [0, 0.1) is 5.82 Å². The first-order valence-corrected chi connectivity index (χ1v) is 6.20. The van der Waals surface area contributed by atoms with Gasteiger partial charge in [-0.05, 0) is 30.2 Å². The van der Waals surface area contributed by atoms with E-state index in [2.05, 4.69) is 0 Å². The second-order valence-corrected chi connectivity index (χ2v) is 4.18. The molecule has 0 aliphatic heterocycles. The largest absolute Gasteiger partial charge is 0.485 e. The molecule has 98 valence electrons. The molecule has 0 fully saturated rings. The molecule has 0 atom stereocenters. The molecule has 3 heteroatoms. The van der Waals surface area contributed by atoms with Crippen molar-refractivity contribution in [1.29, 1.82) is 0 Å². The Balaban J connectivity index is 2.04. The molecule has 2 rings (SSSR count). The molecule has 0 unspecified atom stereocenters. The average molecular weight is 258 g/mol. The van der Waals surface area contributed by atoms with Crippen LogP contribution in [0.4, 0.5) is 4.39 Å². The fraction of sp³-hybridized carbons (Fsp3) is 0.188. The first kappa shape index (κ1) is 13.3. The summed E-state index contributed by atoms with van der Waals surface area (Å²) in [7, 11) is 0. The Hall–Kier alpha value is -2.16. The summed E-state index contributed by atoms with van der Waals surface area (Å²) in [4.78, 5) is 11.9. The Bertz CT molecular complexity index is 578. The van der Waals surface area contributed by atoms with Gasteiger partial charge in [0.05, 0.1) is 0 Å². The number of carbonyl (C=O) groups is 1. The summed E-state index contributed by atoms with van der Waals surface area (Å²) >= 11 is 0. The lowest BCUT2D eigenvalue weighted by Gasteiger charge is -2.09. The van der Waals surface area contributed by atoms with E-state index in [4.69, 9.17) is 4.74 Å². The maximum atomic E-state index is 13.0. The van der Waals surface area contributed by atoms with Crippen molar-refractivity contribution in [2.45, 2.75) is 13.3 Å². The van der Waals surface area contributed by atoms with E-state index in [-0.39, 0.29) is 12.4 Å². The topological polar surface area (TPSA) is 26.3 Å². The number of halogens is 1. The highest BCUT2D eigenvalue weighted by Gasteiger charge is 2.09. The first-order chi connectivity index (χ1) is 9.20. The summed E-state index contributed by atoms with van der Waals surface area (Å²) < 4.78 is 18.5. The van der Waals surface area contributed by atoms with Crippen LogP contribution >= 0.6 is 0 Å². The van der Waals surface area contributed by atoms with Gasteiger partial charge in [-0.1, -0.05) is 37.3 Å². The maximum absolute atomic E-state index is 13.0. The van der Waals surface area contributed by atoms with E-state index in [0.717, 1.165) is 12.0 Å². The Kier molecular flexibility index (Phi) is 4.29. The SMILES string of the molecule is CCc1ccccc1OCC(=O)c1cccc(F)c1. The van der Waals surface area contributed by atoms with Crippen molar-refractivity contribution < 1.29 is 13.9 Å². The van der Waals surface area contributed by atoms with E-state index < -0.39 is 5.82 Å². The van der Waals surface area contributed by atoms with Crippen molar-refractivity contribution in [3.8, 4) is 5.75 Å². The van der Waals surface area contributed by atoms with E-state index in [1.165, 1.54) is 18.2 Å². The van der Waals surface area contributed by atoms with Gasteiger partial charge in [0.25, 0.3) is 0 Å². The van der Waals surface area contributed by atoms with Gasteiger partial charge in [-0.25, -0.2) is 4.39 Å². The number of benzene rings is 2. The van der Waals surface area contributed by atoms with Crippen molar-refractivity contribution >= 4 is 5.78 Å². The summed E-state index contributed by atoms with van der Waals surface area (Å²) in [6.07, 6.45) is 0.838. The highest BCUT2D eigenvalue weighted by molar-refractivity contribution is 5.97. The number of ether oxygens (including phenoxy) is 1. The van der Waals surface area contributed by atoms with Gasteiger partial charge < -0.3 is 4.74 Å². The van der Waals surface area contributed by atoms with Crippen molar-refractivity contribution in [2.24, 2.45) is 0 Å². The predicted molar refractivity (Wildman–Crippen MR) is 72.0 cm³/mol. The third kappa shape index (κ3) is 3.41. The molecule has 0 spiro atoms. The summed E-state index contributed by atoms with van der Waals surface area (Å²) in [5, 5.41) is 0. The molecule has 19 heavy (non-hydrogen) atoms. The van der Waals surface area contributed by atoms with Gasteiger partial charge in [-0.3, -0.25) is 4.79 Å². The molecular formula is C16H15FO2. The number of hydrogen-bond donors (Lipinski definition) is 0. The van der Waals surface area contributed by atoms with Crippen LogP contribution in [0.5, 0.6) is 5.75 Å². The highest BCUT2D eigenvalue weighted by atomic mass is 19.1. The van der Waals surface area contributed by atoms with Crippen LogP contribution in [0.25, 0.3) is 0 Å². The van der Waals surface area contributed by atoms with Crippen LogP contribution in [0.3, 0.4) is 0 Å². The van der Waals surface area contributed by atoms with E-state index in [1.807, 2.05) is 31.2 Å². The molecule has 0 aromatic heterocycles. The van der Waals surface area contributed by atoms with Crippen molar-refractivity contribution in [3.05, 3.63) is 65.5 Å². The zero-order chi connectivity index (χ0) is 13.7. The molecule has 2 aromatic rings. The van der Waals surface area contributed by atoms with Crippen LogP contribution in [0.2, 0.25) is 0 Å². The molecule has 2 aromatic carbocycles. The zero-order valence-electron chi connectivity index (χ0n) is 10.7. The third-order valence-corrected chi connectivity index (χ3v) is 2.86. The van der Waals surface area contributed by atoms with Crippen molar-refractivity contribution in [2.75, 3.05) is 6.61 Å². The minimum absolute atomic E-state index is 0.0829. The summed E-state index contributed by atoms with van der Waals surface area (Å²) in [5.74, 6) is 0.0555. The first-order valence-electron chi connectivity index (χ1n) is 6.20. The number of rotatable bonds is 5. The third-order valence-electron chi connectivity index (χ3n) is 2.86. The Morgan fingerprint density at radius 1 is 1.16 bits per heavy atom. The summed E-state index contributed by atoms with van der Waals surface area (Å²) in [6.45, 7) is 1.94. The Morgan fingerprint density at radius 2 is 1.95 bits per heavy atom. The van der Waals surface area contributed by atoms with Gasteiger partial charge in [0.2, 0.25) is 0 Å². The molecule has 0 aliphatic carbocycles. The lowest BCUT2D eigenvalue weighted by Crippen LogP contribution is -2.12. The van der Waals surface area contributed by atoms with Gasteiger partial charge in [-0.15, -0.1) is 0 Å². The summed E-state index contributed by atoms with van der Waals surface area (Å²) in [6, 6.07) is 13.2. The van der Waals surface area contributed by atoms with Crippen LogP contribution in [0.15, 0.2) is 48.5 Å². The fourth-order valence-electron chi connectivity index (χ4n) is 1.83. The van der Waals surface area contributed by atoms with E-state index in [0.29, 0.717) is 11.3 Å². The van der Waals surface area contributed by atoms with Crippen molar-refractivity contribution in [1.82, 2.24) is 0 Å². The highest BCUT2D eigenvalue weighted by Crippen LogP contribution is 2.18. The van der Waals surface area contributed by atoms with Crippen LogP contribution in [0.1, 0.15) is 22.8 Å². The molecule has 0 radical (unpaired) electrons. The number of ketones is 1. The summed E-state index contributed by atoms with van der Waals surface area (Å²) in [5.41, 5.74) is 1.38. The molecule has 0 N–H and O–H groups in total. The van der Waals surface area contributed by atoms with Crippen molar-refractivity contribution in [3.63, 3.8) is 0 Å². The molecule has 0 heterocycles. The van der Waals surface area contributed by atoms with Gasteiger partial charge in [0.15, 0.2) is 12.4 Å². The molecule has 0 saturated carbocycles. The van der Waals surface area contributed by atoms with Crippen LogP contribution in [-0.4, -0.2) is 12.4 Å². The van der Waals surface area contributed by atoms with E-state index in [9.17, 15) is 9.18 Å². The monoisotopic (exact) mass is 258 g/mol. The molecular weight excluding hydrogens is 243 g/mol. The normalized spacial score (nSPS) is 10.2. The van der Waals surface area contributed by atoms with Gasteiger partial charge in [-0.2, -0.15) is 0 Å². The maximum Gasteiger partial charge on any atom is 0.200 e. The van der Waals surface area contributed by atoms with Gasteiger partial charge in [0.1, 0.15) is 11.6 Å². The van der Waals surface area contributed by atoms with Crippen LogP contribution < -0.4 is 4.74 Å². The minimum Gasteiger partial charge on any atom is -0.485 e. The Labute approximate surface area is 111 Å². The van der Waals surface area contributed by atoms with Gasteiger partial charge in [0, 0.05) is 5.56 Å². The number of carbonyl (C=O) groups excluding carboxylic acids is 1. The number of para-hydroxylation sites is 1. The number of hydrogen-bond acceptors (Lipinski definition) is 2. The fourth-order valence-corrected chi connectivity index (χ4v) is 1.83. The molecule has 0 saturated heterocycles. The van der Waals surface area contributed by atoms with Crippen LogP contribution in [-0.2, 0) is 6.42 Å². The number of Topliss-reactive ketones (excluding diaryl/α,β-unsaturated/α-hetero) is 1. The number of aryl methyl sites for hydroxylation is 1. The molecule has 0 bridgehead atoms. The standard InChI is InChI=1S/C16H15FO2/c1-2-12-6-3-4-9-16(12)19-11-15(18)13-7-5-8-14(17)10-13/h3-10H,2,11H2,1H3. The smallest absolute Gasteiger partial charge is 0.200 e. The molecule has 0 amide bonds. The van der Waals surface area contributed by atoms with E-state index >= 15 is 0 Å². The lowest BCUT2D eigenvalue weighted by molar-refractivity contribution is 0.0920. The van der Waals surface area contributed by atoms with Gasteiger partial charge >= 0.3 is 0 Å². The average Bonchev–Trinajstić information content (AvgIpc) is 2.45. The zero-order valence-corrected chi connectivity index (χ0v) is 10.7. The Morgan fingerprint density at radius 3 is 2.68 bits per heavy atom. The second-order valence-electron chi connectivity index (χ2n) is 4.18. The lowest BCUT2D eigenvalue weighted by atomic mass is 10.1. The van der Waals surface area contributed by atoms with E-state index in [1.54, 1.807) is 6.07 Å². The minimum atomic E-state index is -0.417. The molecule has 2 nitrogen and oxygen atoms in total. The second kappa shape index (κ2) is 6.14. The molecule has 0 aliphatic rings. The quantitative estimate of drug-likeness (QED) is 0.765. The predicted octanol–water partition coefficient (Wildman–Crippen LogP) is 3.65.